The normalized spacial score (nSPS) is 16.1. The van der Waals surface area contributed by atoms with Crippen molar-refractivity contribution in [2.24, 2.45) is 0 Å². The van der Waals surface area contributed by atoms with Crippen LogP contribution in [0.5, 0.6) is 0 Å². The van der Waals surface area contributed by atoms with Gasteiger partial charge in [0.25, 0.3) is 0 Å². The highest BCUT2D eigenvalue weighted by atomic mass is 28.4. The molecule has 0 bridgehead atoms. The second kappa shape index (κ2) is 11.2. The fraction of sp³-hybridized carbons (Fsp3) is 0.792. The SMILES string of the molecule is C/C(=C/CO[Si](C)(C)C(C)(C)C)CC/C=C(\C)C(CC=O)O[Si](C)(C)C(C)(C)C. The van der Waals surface area contributed by atoms with Gasteiger partial charge in [-0.2, -0.15) is 0 Å². The van der Waals surface area contributed by atoms with Gasteiger partial charge in [0, 0.05) is 6.42 Å². The van der Waals surface area contributed by atoms with Crippen molar-refractivity contribution < 1.29 is 13.6 Å². The van der Waals surface area contributed by atoms with Crippen LogP contribution in [0.1, 0.15) is 74.7 Å². The van der Waals surface area contributed by atoms with E-state index in [-0.39, 0.29) is 16.2 Å². The Morgan fingerprint density at radius 2 is 1.41 bits per heavy atom. The van der Waals surface area contributed by atoms with Gasteiger partial charge in [-0.1, -0.05) is 59.3 Å². The summed E-state index contributed by atoms with van der Waals surface area (Å²) in [5, 5.41) is 0.379. The minimum atomic E-state index is -1.90. The van der Waals surface area contributed by atoms with Crippen LogP contribution in [0, 0.1) is 0 Å². The van der Waals surface area contributed by atoms with Gasteiger partial charge in [0.1, 0.15) is 6.29 Å². The van der Waals surface area contributed by atoms with Crippen molar-refractivity contribution in [2.75, 3.05) is 6.61 Å². The Balaban J connectivity index is 4.84. The van der Waals surface area contributed by atoms with E-state index in [2.05, 4.69) is 93.7 Å². The summed E-state index contributed by atoms with van der Waals surface area (Å²) in [7, 11) is -3.59. The maximum Gasteiger partial charge on any atom is 0.192 e. The molecule has 0 N–H and O–H groups in total. The highest BCUT2D eigenvalue weighted by molar-refractivity contribution is 6.74. The third-order valence-electron chi connectivity index (χ3n) is 6.75. The van der Waals surface area contributed by atoms with Gasteiger partial charge in [-0.3, -0.25) is 0 Å². The second-order valence-electron chi connectivity index (χ2n) is 11.4. The molecule has 0 aliphatic heterocycles. The van der Waals surface area contributed by atoms with Gasteiger partial charge in [0.15, 0.2) is 16.6 Å². The van der Waals surface area contributed by atoms with E-state index in [1.165, 1.54) is 11.1 Å². The van der Waals surface area contributed by atoms with E-state index in [0.717, 1.165) is 19.1 Å². The monoisotopic (exact) mass is 440 g/mol. The minimum absolute atomic E-state index is 0.0976. The van der Waals surface area contributed by atoms with Crippen molar-refractivity contribution in [1.29, 1.82) is 0 Å². The molecule has 0 spiro atoms. The summed E-state index contributed by atoms with van der Waals surface area (Å²) in [5.41, 5.74) is 2.53. The van der Waals surface area contributed by atoms with E-state index in [4.69, 9.17) is 8.85 Å². The topological polar surface area (TPSA) is 35.5 Å². The molecule has 170 valence electrons. The smallest absolute Gasteiger partial charge is 0.192 e. The van der Waals surface area contributed by atoms with Crippen molar-refractivity contribution in [3.05, 3.63) is 23.3 Å². The van der Waals surface area contributed by atoms with Gasteiger partial charge < -0.3 is 13.6 Å². The highest BCUT2D eigenvalue weighted by Gasteiger charge is 2.39. The zero-order valence-corrected chi connectivity index (χ0v) is 23.4. The number of carbonyl (C=O) groups is 1. The minimum Gasteiger partial charge on any atom is -0.413 e. The maximum absolute atomic E-state index is 11.2. The van der Waals surface area contributed by atoms with Gasteiger partial charge in [0.05, 0.1) is 12.7 Å². The summed E-state index contributed by atoms with van der Waals surface area (Å²) in [6.07, 6.45) is 7.75. The summed E-state index contributed by atoms with van der Waals surface area (Å²) in [6.45, 7) is 27.5. The van der Waals surface area contributed by atoms with Crippen LogP contribution in [0.2, 0.25) is 36.3 Å². The van der Waals surface area contributed by atoms with Crippen LogP contribution in [0.25, 0.3) is 0 Å². The summed E-state index contributed by atoms with van der Waals surface area (Å²) < 4.78 is 12.7. The molecule has 0 aliphatic carbocycles. The van der Waals surface area contributed by atoms with Crippen LogP contribution >= 0.6 is 0 Å². The van der Waals surface area contributed by atoms with Gasteiger partial charge in [-0.25, -0.2) is 0 Å². The van der Waals surface area contributed by atoms with E-state index in [1.807, 2.05) is 0 Å². The van der Waals surface area contributed by atoms with Gasteiger partial charge in [-0.15, -0.1) is 0 Å². The summed E-state index contributed by atoms with van der Waals surface area (Å²) in [5.74, 6) is 0. The van der Waals surface area contributed by atoms with Crippen molar-refractivity contribution >= 4 is 22.9 Å². The van der Waals surface area contributed by atoms with Crippen LogP contribution in [-0.4, -0.2) is 35.6 Å². The third-order valence-corrected chi connectivity index (χ3v) is 15.7. The molecular weight excluding hydrogens is 392 g/mol. The third kappa shape index (κ3) is 9.90. The van der Waals surface area contributed by atoms with Crippen LogP contribution in [0.15, 0.2) is 23.3 Å². The molecule has 0 aromatic heterocycles. The van der Waals surface area contributed by atoms with Crippen molar-refractivity contribution in [3.8, 4) is 0 Å². The molecular formula is C24H48O3Si2. The Kier molecular flexibility index (Phi) is 11.0. The molecule has 3 nitrogen and oxygen atoms in total. The number of hydrogen-bond acceptors (Lipinski definition) is 3. The molecule has 5 heteroatoms. The largest absolute Gasteiger partial charge is 0.413 e. The van der Waals surface area contributed by atoms with Crippen molar-refractivity contribution in [3.63, 3.8) is 0 Å². The van der Waals surface area contributed by atoms with E-state index in [9.17, 15) is 4.79 Å². The Labute approximate surface area is 183 Å². The molecule has 0 radical (unpaired) electrons. The average Bonchev–Trinajstić information content (AvgIpc) is 2.51. The molecule has 0 amide bonds. The van der Waals surface area contributed by atoms with Gasteiger partial charge in [0.2, 0.25) is 0 Å². The lowest BCUT2D eigenvalue weighted by molar-refractivity contribution is -0.109. The average molecular weight is 441 g/mol. The lowest BCUT2D eigenvalue weighted by Crippen LogP contribution is -2.44. The van der Waals surface area contributed by atoms with Crippen molar-refractivity contribution in [2.45, 2.75) is 117 Å². The first-order chi connectivity index (χ1) is 12.9. The number of carbonyl (C=O) groups excluding carboxylic acids is 1. The van der Waals surface area contributed by atoms with Crippen LogP contribution in [-0.2, 0) is 13.6 Å². The Morgan fingerprint density at radius 3 is 1.86 bits per heavy atom. The first-order valence-electron chi connectivity index (χ1n) is 11.0. The zero-order chi connectivity index (χ0) is 23.1. The van der Waals surface area contributed by atoms with E-state index >= 15 is 0 Å². The predicted octanol–water partition coefficient (Wildman–Crippen LogP) is 7.66. The molecule has 0 aromatic carbocycles. The molecule has 0 heterocycles. The van der Waals surface area contributed by atoms with Crippen LogP contribution in [0.4, 0.5) is 0 Å². The van der Waals surface area contributed by atoms with E-state index in [1.54, 1.807) is 0 Å². The molecule has 29 heavy (non-hydrogen) atoms. The lowest BCUT2D eigenvalue weighted by atomic mass is 10.1. The Morgan fingerprint density at radius 1 is 0.897 bits per heavy atom. The molecule has 1 atom stereocenters. The summed E-state index contributed by atoms with van der Waals surface area (Å²) in [6, 6.07) is 0. The van der Waals surface area contributed by atoms with Gasteiger partial charge in [-0.05, 0) is 68.5 Å². The van der Waals surface area contributed by atoms with Crippen LogP contribution < -0.4 is 0 Å². The molecule has 0 saturated heterocycles. The standard InChI is InChI=1S/C24H48O3Si2/c1-20(17-19-26-28(9,10)23(3,4)5)14-13-15-21(2)22(16-18-25)27-29(11,12)24(6,7)8/h15,17-18,22H,13-14,16,19H2,1-12H3/b20-17-,21-15+. The molecule has 0 rings (SSSR count). The molecule has 0 fully saturated rings. The number of hydrogen-bond donors (Lipinski definition) is 0. The number of aldehydes is 1. The first-order valence-corrected chi connectivity index (χ1v) is 16.8. The quantitative estimate of drug-likeness (QED) is 0.188. The van der Waals surface area contributed by atoms with Gasteiger partial charge >= 0.3 is 0 Å². The molecule has 0 saturated carbocycles. The Hall–Kier alpha value is -0.496. The Bertz CT molecular complexity index is 576. The first kappa shape index (κ1) is 28.5. The fourth-order valence-corrected chi connectivity index (χ4v) is 4.60. The molecule has 1 unspecified atom stereocenters. The maximum atomic E-state index is 11.2. The molecule has 0 aromatic rings. The predicted molar refractivity (Wildman–Crippen MR) is 133 cm³/mol. The lowest BCUT2D eigenvalue weighted by Gasteiger charge is -2.39. The van der Waals surface area contributed by atoms with Crippen LogP contribution in [0.3, 0.4) is 0 Å². The second-order valence-corrected chi connectivity index (χ2v) is 20.9. The van der Waals surface area contributed by atoms with E-state index < -0.39 is 16.6 Å². The molecule has 0 aliphatic rings. The highest BCUT2D eigenvalue weighted by Crippen LogP contribution is 2.38. The van der Waals surface area contributed by atoms with E-state index in [0.29, 0.717) is 13.0 Å². The zero-order valence-electron chi connectivity index (χ0n) is 21.4. The number of allylic oxidation sites excluding steroid dienone is 2. The fourth-order valence-electron chi connectivity index (χ4n) is 2.32. The number of rotatable bonds is 11. The van der Waals surface area contributed by atoms with Crippen molar-refractivity contribution in [1.82, 2.24) is 0 Å². The summed E-state index contributed by atoms with van der Waals surface area (Å²) >= 11 is 0. The summed E-state index contributed by atoms with van der Waals surface area (Å²) in [4.78, 5) is 11.2.